The Hall–Kier alpha value is -2.49. The first-order valence-electron chi connectivity index (χ1n) is 6.89. The van der Waals surface area contributed by atoms with Crippen molar-refractivity contribution in [3.05, 3.63) is 59.7 Å². The highest BCUT2D eigenvalue weighted by Gasteiger charge is 2.22. The number of aryl methyl sites for hydroxylation is 1. The molecule has 2 aromatic carbocycles. The Kier molecular flexibility index (Phi) is 4.82. The highest BCUT2D eigenvalue weighted by Crippen LogP contribution is 2.24. The third-order valence-corrected chi connectivity index (χ3v) is 3.19. The molecule has 0 aliphatic carbocycles. The molecule has 4 nitrogen and oxygen atoms in total. The van der Waals surface area contributed by atoms with E-state index in [0.29, 0.717) is 6.61 Å². The zero-order valence-electron chi connectivity index (χ0n) is 12.2. The number of ether oxygens (including phenoxy) is 1. The van der Waals surface area contributed by atoms with Gasteiger partial charge in [-0.1, -0.05) is 30.3 Å². The predicted octanol–water partition coefficient (Wildman–Crippen LogP) is 3.42. The van der Waals surface area contributed by atoms with Crippen molar-refractivity contribution in [3.8, 4) is 5.75 Å². The van der Waals surface area contributed by atoms with Crippen LogP contribution in [-0.2, 0) is 9.53 Å². The number of hydrogen-bond donors (Lipinski definition) is 2. The lowest BCUT2D eigenvalue weighted by Gasteiger charge is -2.20. The molecular formula is C17H19NO3. The average molecular weight is 285 g/mol. The van der Waals surface area contributed by atoms with Gasteiger partial charge in [0.2, 0.25) is 0 Å². The van der Waals surface area contributed by atoms with Crippen molar-refractivity contribution in [2.45, 2.75) is 19.9 Å². The zero-order chi connectivity index (χ0) is 15.2. The summed E-state index contributed by atoms with van der Waals surface area (Å²) in [7, 11) is 0. The molecule has 110 valence electrons. The molecule has 0 amide bonds. The van der Waals surface area contributed by atoms with E-state index in [1.165, 1.54) is 0 Å². The van der Waals surface area contributed by atoms with Gasteiger partial charge in [0.05, 0.1) is 6.61 Å². The van der Waals surface area contributed by atoms with E-state index >= 15 is 0 Å². The molecule has 2 rings (SSSR count). The molecule has 0 aliphatic rings. The molecule has 0 aromatic heterocycles. The lowest BCUT2D eigenvalue weighted by Crippen LogP contribution is -2.23. The number of nitrogens with one attached hydrogen (secondary N) is 1. The summed E-state index contributed by atoms with van der Waals surface area (Å²) in [6.45, 7) is 4.07. The van der Waals surface area contributed by atoms with E-state index in [4.69, 9.17) is 4.74 Å². The van der Waals surface area contributed by atoms with Gasteiger partial charge in [-0.05, 0) is 43.2 Å². The smallest absolute Gasteiger partial charge is 0.333 e. The van der Waals surface area contributed by atoms with E-state index in [1.54, 1.807) is 31.2 Å². The van der Waals surface area contributed by atoms with Gasteiger partial charge in [-0.15, -0.1) is 0 Å². The molecule has 0 heterocycles. The van der Waals surface area contributed by atoms with Crippen molar-refractivity contribution in [1.29, 1.82) is 0 Å². The Bertz CT molecular complexity index is 608. The minimum Gasteiger partial charge on any atom is -0.508 e. The summed E-state index contributed by atoms with van der Waals surface area (Å²) in [5.74, 6) is -0.177. The van der Waals surface area contributed by atoms with Gasteiger partial charge >= 0.3 is 5.97 Å². The van der Waals surface area contributed by atoms with Gasteiger partial charge in [-0.2, -0.15) is 0 Å². The maximum Gasteiger partial charge on any atom is 0.333 e. The number of aromatic hydroxyl groups is 1. The third kappa shape index (κ3) is 3.75. The molecule has 0 bridgehead atoms. The number of hydrogen-bond acceptors (Lipinski definition) is 4. The van der Waals surface area contributed by atoms with Crippen LogP contribution in [0.4, 0.5) is 5.69 Å². The number of carbonyl (C=O) groups is 1. The fourth-order valence-electron chi connectivity index (χ4n) is 2.06. The standard InChI is InChI=1S/C17H19NO3/c1-3-21-17(20)16(13-8-10-14(19)11-9-13)18-15-7-5-4-6-12(15)2/h4-11,16,18-19H,3H2,1-2H3. The third-order valence-electron chi connectivity index (χ3n) is 3.19. The lowest BCUT2D eigenvalue weighted by atomic mass is 10.1. The van der Waals surface area contributed by atoms with Crippen LogP contribution in [0.2, 0.25) is 0 Å². The van der Waals surface area contributed by atoms with E-state index in [2.05, 4.69) is 5.32 Å². The summed E-state index contributed by atoms with van der Waals surface area (Å²) in [6, 6.07) is 13.7. The SMILES string of the molecule is CCOC(=O)C(Nc1ccccc1C)c1ccc(O)cc1. The molecule has 0 radical (unpaired) electrons. The van der Waals surface area contributed by atoms with E-state index in [0.717, 1.165) is 16.8 Å². The molecule has 1 atom stereocenters. The number of carbonyl (C=O) groups excluding carboxylic acids is 1. The van der Waals surface area contributed by atoms with Crippen molar-refractivity contribution in [2.75, 3.05) is 11.9 Å². The molecule has 0 saturated carbocycles. The van der Waals surface area contributed by atoms with Crippen LogP contribution in [0.3, 0.4) is 0 Å². The molecule has 0 fully saturated rings. The van der Waals surface area contributed by atoms with Crippen LogP contribution in [-0.4, -0.2) is 17.7 Å². The number of para-hydroxylation sites is 1. The normalized spacial score (nSPS) is 11.7. The van der Waals surface area contributed by atoms with E-state index in [1.807, 2.05) is 31.2 Å². The quantitative estimate of drug-likeness (QED) is 0.826. The Morgan fingerprint density at radius 1 is 1.19 bits per heavy atom. The fourth-order valence-corrected chi connectivity index (χ4v) is 2.06. The summed E-state index contributed by atoms with van der Waals surface area (Å²) in [6.07, 6.45) is 0. The molecule has 2 N–H and O–H groups in total. The number of phenolic OH excluding ortho intramolecular Hbond substituents is 1. The topological polar surface area (TPSA) is 58.6 Å². The van der Waals surface area contributed by atoms with Crippen LogP contribution in [0.15, 0.2) is 48.5 Å². The van der Waals surface area contributed by atoms with Crippen molar-refractivity contribution in [2.24, 2.45) is 0 Å². The van der Waals surface area contributed by atoms with Gasteiger partial charge in [0.1, 0.15) is 5.75 Å². The molecule has 2 aromatic rings. The van der Waals surface area contributed by atoms with Crippen LogP contribution in [0.25, 0.3) is 0 Å². The highest BCUT2D eigenvalue weighted by atomic mass is 16.5. The first-order valence-corrected chi connectivity index (χ1v) is 6.89. The first kappa shape index (κ1) is 14.9. The van der Waals surface area contributed by atoms with Crippen LogP contribution in [0.1, 0.15) is 24.1 Å². The van der Waals surface area contributed by atoms with Crippen LogP contribution in [0.5, 0.6) is 5.75 Å². The summed E-state index contributed by atoms with van der Waals surface area (Å²) in [5, 5.41) is 12.6. The Morgan fingerprint density at radius 3 is 2.48 bits per heavy atom. The minimum atomic E-state index is -0.605. The number of phenols is 1. The number of anilines is 1. The van der Waals surface area contributed by atoms with Gasteiger partial charge < -0.3 is 15.2 Å². The van der Waals surface area contributed by atoms with Gasteiger partial charge in [0.15, 0.2) is 6.04 Å². The van der Waals surface area contributed by atoms with Crippen LogP contribution in [0, 0.1) is 6.92 Å². The van der Waals surface area contributed by atoms with E-state index in [9.17, 15) is 9.90 Å². The summed E-state index contributed by atoms with van der Waals surface area (Å²) >= 11 is 0. The first-order chi connectivity index (χ1) is 10.1. The Morgan fingerprint density at radius 2 is 1.86 bits per heavy atom. The minimum absolute atomic E-state index is 0.164. The Balaban J connectivity index is 2.30. The van der Waals surface area contributed by atoms with Gasteiger partial charge in [-0.25, -0.2) is 4.79 Å². The Labute approximate surface area is 124 Å². The average Bonchev–Trinajstić information content (AvgIpc) is 2.48. The van der Waals surface area contributed by atoms with E-state index < -0.39 is 6.04 Å². The van der Waals surface area contributed by atoms with Crippen molar-refractivity contribution in [1.82, 2.24) is 0 Å². The largest absolute Gasteiger partial charge is 0.508 e. The molecule has 21 heavy (non-hydrogen) atoms. The van der Waals surface area contributed by atoms with Crippen LogP contribution < -0.4 is 5.32 Å². The van der Waals surface area contributed by atoms with Gasteiger partial charge in [0, 0.05) is 5.69 Å². The zero-order valence-corrected chi connectivity index (χ0v) is 12.2. The van der Waals surface area contributed by atoms with Crippen LogP contribution >= 0.6 is 0 Å². The second-order valence-corrected chi connectivity index (χ2v) is 4.74. The molecule has 0 spiro atoms. The molecular weight excluding hydrogens is 266 g/mol. The fraction of sp³-hybridized carbons (Fsp3) is 0.235. The number of esters is 1. The predicted molar refractivity (Wildman–Crippen MR) is 82.3 cm³/mol. The highest BCUT2D eigenvalue weighted by molar-refractivity contribution is 5.81. The van der Waals surface area contributed by atoms with Crippen molar-refractivity contribution < 1.29 is 14.6 Å². The summed E-state index contributed by atoms with van der Waals surface area (Å²) < 4.78 is 5.14. The second-order valence-electron chi connectivity index (χ2n) is 4.74. The molecule has 4 heteroatoms. The number of rotatable bonds is 5. The summed E-state index contributed by atoms with van der Waals surface area (Å²) in [5.41, 5.74) is 2.67. The van der Waals surface area contributed by atoms with Gasteiger partial charge in [-0.3, -0.25) is 0 Å². The second kappa shape index (κ2) is 6.79. The molecule has 0 saturated heterocycles. The van der Waals surface area contributed by atoms with Crippen molar-refractivity contribution >= 4 is 11.7 Å². The maximum atomic E-state index is 12.2. The monoisotopic (exact) mass is 285 g/mol. The number of benzene rings is 2. The van der Waals surface area contributed by atoms with Gasteiger partial charge in [0.25, 0.3) is 0 Å². The molecule has 1 unspecified atom stereocenters. The molecule has 0 aliphatic heterocycles. The van der Waals surface area contributed by atoms with E-state index in [-0.39, 0.29) is 11.7 Å². The summed E-state index contributed by atoms with van der Waals surface area (Å²) in [4.78, 5) is 12.2. The lowest BCUT2D eigenvalue weighted by molar-refractivity contribution is -0.144. The van der Waals surface area contributed by atoms with Crippen molar-refractivity contribution in [3.63, 3.8) is 0 Å². The maximum absolute atomic E-state index is 12.2.